The molecular weight excluding hydrogens is 369 g/mol. The van der Waals surface area contributed by atoms with E-state index in [1.54, 1.807) is 12.2 Å². The van der Waals surface area contributed by atoms with Gasteiger partial charge in [-0.3, -0.25) is 9.69 Å². The first-order chi connectivity index (χ1) is 10.4. The van der Waals surface area contributed by atoms with E-state index in [1.807, 2.05) is 0 Å². The molecule has 22 heavy (non-hydrogen) atoms. The van der Waals surface area contributed by atoms with Crippen LogP contribution < -0.4 is 5.73 Å². The van der Waals surface area contributed by atoms with Crippen molar-refractivity contribution in [3.8, 4) is 0 Å². The first kappa shape index (κ1) is 15.8. The van der Waals surface area contributed by atoms with Crippen molar-refractivity contribution in [1.82, 2.24) is 9.88 Å². The van der Waals surface area contributed by atoms with E-state index in [4.69, 9.17) is 28.9 Å². The number of nitrogens with zero attached hydrogens (tertiary/aromatic N) is 2. The molecule has 3 rings (SSSR count). The van der Waals surface area contributed by atoms with Crippen LogP contribution in [-0.4, -0.2) is 44.0 Å². The number of β-lactam (4-membered cyclic amide) rings is 1. The van der Waals surface area contributed by atoms with E-state index >= 15 is 0 Å². The van der Waals surface area contributed by atoms with E-state index < -0.39 is 12.0 Å². The summed E-state index contributed by atoms with van der Waals surface area (Å²) < 4.78 is 0.305. The van der Waals surface area contributed by atoms with Gasteiger partial charge in [-0.15, -0.1) is 23.1 Å². The number of carbonyl (C=O) groups is 2. The topological polar surface area (TPSA) is 96.5 Å². The first-order valence-corrected chi connectivity index (χ1v) is 8.69. The predicted molar refractivity (Wildman–Crippen MR) is 86.9 cm³/mol. The van der Waals surface area contributed by atoms with Crippen LogP contribution in [-0.2, 0) is 9.59 Å². The number of hydrogen-bond acceptors (Lipinski definition) is 6. The molecule has 3 N–H and O–H groups in total. The third kappa shape index (κ3) is 2.55. The van der Waals surface area contributed by atoms with E-state index in [9.17, 15) is 14.7 Å². The molecule has 1 unspecified atom stereocenters. The highest BCUT2D eigenvalue weighted by Gasteiger charge is 2.51. The number of fused-ring (bicyclic) bond motifs is 1. The number of allylic oxidation sites excluding steroid dienone is 1. The van der Waals surface area contributed by atoms with Crippen molar-refractivity contribution in [1.29, 1.82) is 0 Å². The minimum Gasteiger partial charge on any atom is -0.477 e. The number of aliphatic carboxylic acids is 1. The van der Waals surface area contributed by atoms with Crippen LogP contribution >= 0.6 is 46.3 Å². The molecule has 6 nitrogen and oxygen atoms in total. The van der Waals surface area contributed by atoms with Crippen LogP contribution in [0, 0.1) is 0 Å². The monoisotopic (exact) mass is 377 g/mol. The molecular formula is C12H9Cl2N3O3S2. The van der Waals surface area contributed by atoms with Crippen molar-refractivity contribution in [2.24, 2.45) is 5.73 Å². The van der Waals surface area contributed by atoms with Gasteiger partial charge in [0.1, 0.15) is 22.3 Å². The number of carbonyl (C=O) groups excluding carboxylic acids is 1. The van der Waals surface area contributed by atoms with E-state index in [0.29, 0.717) is 20.7 Å². The summed E-state index contributed by atoms with van der Waals surface area (Å²) >= 11 is 14.3. The number of rotatable bonds is 3. The second kappa shape index (κ2) is 5.86. The third-order valence-electron chi connectivity index (χ3n) is 3.26. The number of carboxylic acids is 1. The van der Waals surface area contributed by atoms with Gasteiger partial charge < -0.3 is 10.8 Å². The van der Waals surface area contributed by atoms with Gasteiger partial charge in [-0.2, -0.15) is 0 Å². The van der Waals surface area contributed by atoms with Crippen molar-refractivity contribution < 1.29 is 14.7 Å². The summed E-state index contributed by atoms with van der Waals surface area (Å²) in [5.41, 5.74) is 6.18. The summed E-state index contributed by atoms with van der Waals surface area (Å²) in [4.78, 5) is 29.0. The third-order valence-corrected chi connectivity index (χ3v) is 6.11. The van der Waals surface area contributed by atoms with Crippen LogP contribution in [0.4, 0.5) is 0 Å². The lowest BCUT2D eigenvalue weighted by Gasteiger charge is -2.47. The number of aromatic nitrogens is 1. The average molecular weight is 378 g/mol. The van der Waals surface area contributed by atoms with Gasteiger partial charge in [-0.25, -0.2) is 9.78 Å². The van der Waals surface area contributed by atoms with Crippen LogP contribution in [0.3, 0.4) is 0 Å². The van der Waals surface area contributed by atoms with Gasteiger partial charge in [-0.1, -0.05) is 29.3 Å². The smallest absolute Gasteiger partial charge is 0.352 e. The van der Waals surface area contributed by atoms with Gasteiger partial charge in [0.05, 0.1) is 4.88 Å². The van der Waals surface area contributed by atoms with Crippen molar-refractivity contribution in [3.05, 3.63) is 31.8 Å². The van der Waals surface area contributed by atoms with Gasteiger partial charge in [0.2, 0.25) is 5.91 Å². The Bertz CT molecular complexity index is 731. The van der Waals surface area contributed by atoms with Crippen LogP contribution in [0.2, 0.25) is 9.62 Å². The lowest BCUT2D eigenvalue weighted by molar-refractivity contribution is -0.147. The SMILES string of the molecule is NC1C(=O)N2C(C(=O)O)=C(C=Cc3sc(Cl)nc3Cl)CS[C@H]12. The van der Waals surface area contributed by atoms with E-state index in [1.165, 1.54) is 28.0 Å². The van der Waals surface area contributed by atoms with Crippen molar-refractivity contribution >= 4 is 64.3 Å². The predicted octanol–water partition coefficient (Wildman–Crippen LogP) is 2.04. The zero-order valence-electron chi connectivity index (χ0n) is 10.8. The summed E-state index contributed by atoms with van der Waals surface area (Å²) in [7, 11) is 0. The number of thioether (sulfide) groups is 1. The van der Waals surface area contributed by atoms with Crippen LogP contribution in [0.5, 0.6) is 0 Å². The number of halogens is 2. The van der Waals surface area contributed by atoms with Gasteiger partial charge in [-0.05, 0) is 11.6 Å². The Labute approximate surface area is 143 Å². The van der Waals surface area contributed by atoms with Crippen molar-refractivity contribution in [2.45, 2.75) is 11.4 Å². The molecule has 1 aromatic heterocycles. The molecule has 10 heteroatoms. The first-order valence-electron chi connectivity index (χ1n) is 6.06. The van der Waals surface area contributed by atoms with Gasteiger partial charge in [0, 0.05) is 5.75 Å². The fourth-order valence-corrected chi connectivity index (χ4v) is 4.77. The van der Waals surface area contributed by atoms with Crippen LogP contribution in [0.15, 0.2) is 17.3 Å². The molecule has 1 fully saturated rings. The molecule has 1 saturated heterocycles. The number of nitrogens with two attached hydrogens (primary N) is 1. The summed E-state index contributed by atoms with van der Waals surface area (Å²) in [6, 6.07) is -0.639. The molecule has 1 amide bonds. The quantitative estimate of drug-likeness (QED) is 0.782. The second-order valence-corrected chi connectivity index (χ2v) is 7.65. The molecule has 2 aliphatic heterocycles. The summed E-state index contributed by atoms with van der Waals surface area (Å²) in [5, 5.41) is 9.35. The Morgan fingerprint density at radius 2 is 2.18 bits per heavy atom. The van der Waals surface area contributed by atoms with Gasteiger partial charge in [0.15, 0.2) is 4.47 Å². The number of thiazole rings is 1. The number of carboxylic acid groups (broad SMARTS) is 1. The molecule has 0 saturated carbocycles. The maximum absolute atomic E-state index is 11.8. The minimum atomic E-state index is -1.15. The summed E-state index contributed by atoms with van der Waals surface area (Å²) in [6.45, 7) is 0. The summed E-state index contributed by atoms with van der Waals surface area (Å²) in [5.74, 6) is -1.08. The van der Waals surface area contributed by atoms with Gasteiger partial charge in [0.25, 0.3) is 0 Å². The summed E-state index contributed by atoms with van der Waals surface area (Å²) in [6.07, 6.45) is 3.27. The molecule has 0 spiro atoms. The highest BCUT2D eigenvalue weighted by molar-refractivity contribution is 8.00. The highest BCUT2D eigenvalue weighted by Crippen LogP contribution is 2.40. The molecule has 1 aromatic rings. The largest absolute Gasteiger partial charge is 0.477 e. The molecule has 2 atom stereocenters. The van der Waals surface area contributed by atoms with E-state index in [2.05, 4.69) is 4.98 Å². The minimum absolute atomic E-state index is 0.0292. The Hall–Kier alpha value is -1.06. The molecule has 0 radical (unpaired) electrons. The number of hydrogen-bond donors (Lipinski definition) is 2. The molecule has 0 bridgehead atoms. The van der Waals surface area contributed by atoms with Crippen LogP contribution in [0.1, 0.15) is 4.88 Å². The lowest BCUT2D eigenvalue weighted by Crippen LogP contribution is -2.68. The molecule has 116 valence electrons. The Morgan fingerprint density at radius 1 is 1.45 bits per heavy atom. The zero-order chi connectivity index (χ0) is 16.0. The number of amides is 1. The zero-order valence-corrected chi connectivity index (χ0v) is 14.0. The fourth-order valence-electron chi connectivity index (χ4n) is 2.23. The Kier molecular flexibility index (Phi) is 4.21. The molecule has 0 aromatic carbocycles. The Balaban J connectivity index is 1.95. The maximum Gasteiger partial charge on any atom is 0.352 e. The second-order valence-electron chi connectivity index (χ2n) is 4.57. The highest BCUT2D eigenvalue weighted by atomic mass is 35.5. The van der Waals surface area contributed by atoms with E-state index in [0.717, 1.165) is 0 Å². The molecule has 0 aliphatic carbocycles. The van der Waals surface area contributed by atoms with Crippen molar-refractivity contribution in [3.63, 3.8) is 0 Å². The standard InChI is InChI=1S/C12H9Cl2N3O3S2/c13-8-5(22-12(14)16-8)2-1-4-3-21-10-6(15)9(18)17(10)7(4)11(19)20/h1-2,6,10H,3,15H2,(H,19,20)/t6?,10-/m1/s1. The van der Waals surface area contributed by atoms with Crippen molar-refractivity contribution in [2.75, 3.05) is 5.75 Å². The molecule has 2 aliphatic rings. The normalized spacial score (nSPS) is 24.7. The lowest BCUT2D eigenvalue weighted by atomic mass is 10.0. The van der Waals surface area contributed by atoms with Crippen LogP contribution in [0.25, 0.3) is 6.08 Å². The fraction of sp³-hybridized carbons (Fsp3) is 0.250. The average Bonchev–Trinajstić information content (AvgIpc) is 2.80. The molecule has 3 heterocycles. The Morgan fingerprint density at radius 3 is 2.77 bits per heavy atom. The van der Waals surface area contributed by atoms with Gasteiger partial charge >= 0.3 is 5.97 Å². The van der Waals surface area contributed by atoms with E-state index in [-0.39, 0.29) is 22.1 Å². The maximum atomic E-state index is 11.8.